The van der Waals surface area contributed by atoms with Crippen LogP contribution in [0.5, 0.6) is 0 Å². The molecule has 1 saturated carbocycles. The molecule has 0 aromatic carbocycles. The molecule has 0 spiro atoms. The van der Waals surface area contributed by atoms with Crippen molar-refractivity contribution in [3.05, 3.63) is 17.0 Å². The summed E-state index contributed by atoms with van der Waals surface area (Å²) in [6.45, 7) is 11.0. The summed E-state index contributed by atoms with van der Waals surface area (Å²) in [7, 11) is 0. The van der Waals surface area contributed by atoms with E-state index in [-0.39, 0.29) is 0 Å². The molecule has 1 heterocycles. The third-order valence-electron chi connectivity index (χ3n) is 4.98. The van der Waals surface area contributed by atoms with Gasteiger partial charge in [0.25, 0.3) is 0 Å². The first-order valence-electron chi connectivity index (χ1n) is 8.44. The lowest BCUT2D eigenvalue weighted by Gasteiger charge is -2.32. The summed E-state index contributed by atoms with van der Waals surface area (Å²) in [6, 6.07) is 0.639. The van der Waals surface area contributed by atoms with Crippen LogP contribution in [-0.4, -0.2) is 22.9 Å². The highest BCUT2D eigenvalue weighted by Gasteiger charge is 2.28. The summed E-state index contributed by atoms with van der Waals surface area (Å²) in [5, 5.41) is 8.32. The highest BCUT2D eigenvalue weighted by Crippen LogP contribution is 2.37. The van der Waals surface area contributed by atoms with Crippen LogP contribution in [0.15, 0.2) is 0 Å². The van der Waals surface area contributed by atoms with Crippen molar-refractivity contribution < 1.29 is 0 Å². The average Bonchev–Trinajstić information content (AvgIpc) is 2.75. The van der Waals surface area contributed by atoms with Gasteiger partial charge in [-0.25, -0.2) is 0 Å². The Kier molecular flexibility index (Phi) is 5.64. The van der Waals surface area contributed by atoms with Crippen LogP contribution >= 0.6 is 0 Å². The second-order valence-corrected chi connectivity index (χ2v) is 6.22. The third kappa shape index (κ3) is 3.25. The predicted molar refractivity (Wildman–Crippen MR) is 85.2 cm³/mol. The van der Waals surface area contributed by atoms with E-state index in [9.17, 15) is 0 Å². The zero-order valence-corrected chi connectivity index (χ0v) is 13.7. The Morgan fingerprint density at radius 1 is 1.20 bits per heavy atom. The number of nitrogens with one attached hydrogen (secondary N) is 1. The molecule has 2 rings (SSSR count). The van der Waals surface area contributed by atoms with Crippen molar-refractivity contribution in [2.75, 3.05) is 13.1 Å². The Balaban J connectivity index is 2.17. The van der Waals surface area contributed by atoms with E-state index >= 15 is 0 Å². The minimum absolute atomic E-state index is 0.639. The molecule has 1 aromatic rings. The first kappa shape index (κ1) is 15.6. The van der Waals surface area contributed by atoms with Gasteiger partial charge in [0.1, 0.15) is 0 Å². The van der Waals surface area contributed by atoms with E-state index in [0.29, 0.717) is 6.04 Å². The molecule has 1 N–H and O–H groups in total. The van der Waals surface area contributed by atoms with Gasteiger partial charge in [-0.15, -0.1) is 0 Å². The SMILES string of the molecule is CCNCCc1c(C)nn(C2CCCCC2CC)c1C. The maximum atomic E-state index is 4.90. The number of hydrogen-bond acceptors (Lipinski definition) is 2. The summed E-state index contributed by atoms with van der Waals surface area (Å²) in [5.74, 6) is 0.823. The second-order valence-electron chi connectivity index (χ2n) is 6.22. The molecule has 1 fully saturated rings. The molecule has 0 radical (unpaired) electrons. The smallest absolute Gasteiger partial charge is 0.0629 e. The number of aryl methyl sites for hydroxylation is 1. The van der Waals surface area contributed by atoms with Crippen molar-refractivity contribution in [3.63, 3.8) is 0 Å². The molecule has 1 aliphatic carbocycles. The maximum absolute atomic E-state index is 4.90. The van der Waals surface area contributed by atoms with Crippen molar-refractivity contribution in [2.45, 2.75) is 72.3 Å². The number of hydrogen-bond donors (Lipinski definition) is 1. The molecule has 0 aliphatic heterocycles. The van der Waals surface area contributed by atoms with Gasteiger partial charge in [-0.1, -0.05) is 33.1 Å². The van der Waals surface area contributed by atoms with Crippen LogP contribution in [0.3, 0.4) is 0 Å². The second kappa shape index (κ2) is 7.26. The summed E-state index contributed by atoms with van der Waals surface area (Å²) in [5.41, 5.74) is 4.11. The minimum atomic E-state index is 0.639. The Labute approximate surface area is 124 Å². The quantitative estimate of drug-likeness (QED) is 0.802. The van der Waals surface area contributed by atoms with Gasteiger partial charge in [0.15, 0.2) is 0 Å². The van der Waals surface area contributed by atoms with E-state index in [1.54, 1.807) is 0 Å². The number of likely N-dealkylation sites (N-methyl/N-ethyl adjacent to an activating group) is 1. The average molecular weight is 277 g/mol. The van der Waals surface area contributed by atoms with Crippen molar-refractivity contribution in [1.29, 1.82) is 0 Å². The first-order chi connectivity index (χ1) is 9.69. The molecule has 1 aromatic heterocycles. The summed E-state index contributed by atoms with van der Waals surface area (Å²) >= 11 is 0. The van der Waals surface area contributed by atoms with Crippen LogP contribution in [-0.2, 0) is 6.42 Å². The molecular weight excluding hydrogens is 246 g/mol. The lowest BCUT2D eigenvalue weighted by Crippen LogP contribution is -2.24. The predicted octanol–water partition coefficient (Wildman–Crippen LogP) is 3.79. The van der Waals surface area contributed by atoms with Crippen LogP contribution in [0, 0.1) is 19.8 Å². The zero-order chi connectivity index (χ0) is 14.5. The highest BCUT2D eigenvalue weighted by molar-refractivity contribution is 5.25. The Morgan fingerprint density at radius 2 is 1.95 bits per heavy atom. The number of nitrogens with zero attached hydrogens (tertiary/aromatic N) is 2. The monoisotopic (exact) mass is 277 g/mol. The molecule has 3 nitrogen and oxygen atoms in total. The molecule has 0 bridgehead atoms. The molecule has 1 aliphatic rings. The summed E-state index contributed by atoms with van der Waals surface area (Å²) in [6.07, 6.45) is 7.86. The Morgan fingerprint density at radius 3 is 2.65 bits per heavy atom. The largest absolute Gasteiger partial charge is 0.317 e. The van der Waals surface area contributed by atoms with Crippen molar-refractivity contribution in [3.8, 4) is 0 Å². The van der Waals surface area contributed by atoms with E-state index in [4.69, 9.17) is 5.10 Å². The normalized spacial score (nSPS) is 23.2. The van der Waals surface area contributed by atoms with E-state index in [1.165, 1.54) is 49.1 Å². The van der Waals surface area contributed by atoms with Crippen molar-refractivity contribution in [1.82, 2.24) is 15.1 Å². The van der Waals surface area contributed by atoms with E-state index in [2.05, 4.69) is 37.7 Å². The minimum Gasteiger partial charge on any atom is -0.317 e. The van der Waals surface area contributed by atoms with Gasteiger partial charge in [-0.3, -0.25) is 4.68 Å². The van der Waals surface area contributed by atoms with Crippen molar-refractivity contribution in [2.24, 2.45) is 5.92 Å². The number of rotatable bonds is 6. The summed E-state index contributed by atoms with van der Waals surface area (Å²) < 4.78 is 2.37. The van der Waals surface area contributed by atoms with E-state index in [0.717, 1.165) is 25.4 Å². The molecule has 2 unspecified atom stereocenters. The van der Waals surface area contributed by atoms with E-state index in [1.807, 2.05) is 0 Å². The highest BCUT2D eigenvalue weighted by atomic mass is 15.3. The fourth-order valence-electron chi connectivity index (χ4n) is 3.76. The third-order valence-corrected chi connectivity index (χ3v) is 4.98. The van der Waals surface area contributed by atoms with Gasteiger partial charge < -0.3 is 5.32 Å². The summed E-state index contributed by atoms with van der Waals surface area (Å²) in [4.78, 5) is 0. The first-order valence-corrected chi connectivity index (χ1v) is 8.44. The number of aromatic nitrogens is 2. The van der Waals surface area contributed by atoms with E-state index < -0.39 is 0 Å². The standard InChI is InChI=1S/C17H31N3/c1-5-15-9-7-8-10-17(15)20-14(4)16(13(3)19-20)11-12-18-6-2/h15,17-18H,5-12H2,1-4H3. The van der Waals surface area contributed by atoms with Crippen LogP contribution in [0.4, 0.5) is 0 Å². The van der Waals surface area contributed by atoms with Crippen LogP contribution in [0.1, 0.15) is 68.9 Å². The molecule has 2 atom stereocenters. The van der Waals surface area contributed by atoms with Gasteiger partial charge in [0, 0.05) is 5.69 Å². The van der Waals surface area contributed by atoms with Gasteiger partial charge in [-0.2, -0.15) is 5.10 Å². The molecular formula is C17H31N3. The van der Waals surface area contributed by atoms with Crippen LogP contribution < -0.4 is 5.32 Å². The van der Waals surface area contributed by atoms with Crippen molar-refractivity contribution >= 4 is 0 Å². The molecule has 20 heavy (non-hydrogen) atoms. The van der Waals surface area contributed by atoms with Gasteiger partial charge in [0.2, 0.25) is 0 Å². The molecule has 0 saturated heterocycles. The molecule has 0 amide bonds. The molecule has 114 valence electrons. The lowest BCUT2D eigenvalue weighted by molar-refractivity contribution is 0.214. The van der Waals surface area contributed by atoms with Gasteiger partial charge in [-0.05, 0) is 57.7 Å². The Hall–Kier alpha value is -0.830. The van der Waals surface area contributed by atoms with Crippen LogP contribution in [0.25, 0.3) is 0 Å². The Bertz CT molecular complexity index is 422. The maximum Gasteiger partial charge on any atom is 0.0629 e. The van der Waals surface area contributed by atoms with Crippen LogP contribution in [0.2, 0.25) is 0 Å². The topological polar surface area (TPSA) is 29.9 Å². The lowest BCUT2D eigenvalue weighted by atomic mass is 9.83. The zero-order valence-electron chi connectivity index (χ0n) is 13.7. The van der Waals surface area contributed by atoms with Gasteiger partial charge in [0.05, 0.1) is 11.7 Å². The fourth-order valence-corrected chi connectivity index (χ4v) is 3.76. The fraction of sp³-hybridized carbons (Fsp3) is 0.824. The van der Waals surface area contributed by atoms with Gasteiger partial charge >= 0.3 is 0 Å². The molecule has 3 heteroatoms.